The average Bonchev–Trinajstić information content (AvgIpc) is 2.23. The first-order chi connectivity index (χ1) is 7.93. The van der Waals surface area contributed by atoms with Crippen LogP contribution in [0.5, 0.6) is 0 Å². The molecule has 1 aromatic rings. The predicted molar refractivity (Wildman–Crippen MR) is 53.3 cm³/mol. The van der Waals surface area contributed by atoms with Crippen molar-refractivity contribution in [3.63, 3.8) is 0 Å². The second kappa shape index (κ2) is 5.33. The minimum absolute atomic E-state index is 0.240. The van der Waals surface area contributed by atoms with E-state index in [0.717, 1.165) is 13.0 Å². The van der Waals surface area contributed by atoms with Gasteiger partial charge in [-0.1, -0.05) is 0 Å². The van der Waals surface area contributed by atoms with E-state index < -0.39 is 33.8 Å². The van der Waals surface area contributed by atoms with E-state index in [1.165, 1.54) is 0 Å². The quantitative estimate of drug-likeness (QED) is 0.462. The number of carbonyl (C=O) groups excluding carboxylic acids is 1. The van der Waals surface area contributed by atoms with Crippen LogP contribution in [0.4, 0.5) is 14.5 Å². The molecule has 0 saturated carbocycles. The van der Waals surface area contributed by atoms with Gasteiger partial charge < -0.3 is 4.74 Å². The summed E-state index contributed by atoms with van der Waals surface area (Å²) in [6.07, 6.45) is -0.251. The van der Waals surface area contributed by atoms with Crippen molar-refractivity contribution in [1.82, 2.24) is 0 Å². The maximum absolute atomic E-state index is 13.3. The van der Waals surface area contributed by atoms with Crippen LogP contribution in [0.25, 0.3) is 0 Å². The molecule has 17 heavy (non-hydrogen) atoms. The fourth-order valence-electron chi connectivity index (χ4n) is 1.29. The molecule has 0 fully saturated rings. The lowest BCUT2D eigenvalue weighted by molar-refractivity contribution is -0.385. The highest BCUT2D eigenvalue weighted by molar-refractivity contribution is 5.65. The molecule has 0 aliphatic heterocycles. The molecule has 1 aromatic carbocycles. The molecule has 0 atom stereocenters. The Hall–Kier alpha value is -2.05. The normalized spacial score (nSPS) is 10.1. The number of nitrogens with zero attached hydrogens (tertiary/aromatic N) is 1. The summed E-state index contributed by atoms with van der Waals surface area (Å²) in [5.41, 5.74) is -0.938. The van der Waals surface area contributed by atoms with Crippen molar-refractivity contribution >= 4 is 11.7 Å². The van der Waals surface area contributed by atoms with Crippen molar-refractivity contribution in [1.29, 1.82) is 0 Å². The molecular formula is C10H9F2NO4. The highest BCUT2D eigenvalue weighted by Crippen LogP contribution is 2.24. The van der Waals surface area contributed by atoms with E-state index >= 15 is 0 Å². The Morgan fingerprint density at radius 2 is 2.12 bits per heavy atom. The monoisotopic (exact) mass is 245 g/mol. The van der Waals surface area contributed by atoms with E-state index in [1.807, 2.05) is 0 Å². The van der Waals surface area contributed by atoms with Gasteiger partial charge in [-0.25, -0.2) is 8.78 Å². The largest absolute Gasteiger partial charge is 0.466 e. The van der Waals surface area contributed by atoms with Crippen molar-refractivity contribution in [2.45, 2.75) is 13.3 Å². The lowest BCUT2D eigenvalue weighted by Crippen LogP contribution is -2.08. The molecule has 0 saturated heterocycles. The lowest BCUT2D eigenvalue weighted by atomic mass is 10.1. The summed E-state index contributed by atoms with van der Waals surface area (Å²) in [5, 5.41) is 10.6. The van der Waals surface area contributed by atoms with Gasteiger partial charge in [-0.2, -0.15) is 0 Å². The second-order valence-corrected chi connectivity index (χ2v) is 3.21. The van der Waals surface area contributed by atoms with Crippen LogP contribution in [0.15, 0.2) is 12.1 Å². The van der Waals surface area contributed by atoms with Gasteiger partial charge in [-0.3, -0.25) is 14.9 Å². The van der Waals surface area contributed by atoms with Crippen LogP contribution in [0.2, 0.25) is 0 Å². The number of carbonyl (C=O) groups is 1. The van der Waals surface area contributed by atoms with Gasteiger partial charge in [0.25, 0.3) is 5.69 Å². The number of rotatable bonds is 4. The number of hydrogen-bond acceptors (Lipinski definition) is 4. The Bertz CT molecular complexity index is 462. The maximum atomic E-state index is 13.3. The molecule has 0 amide bonds. The predicted octanol–water partition coefficient (Wildman–Crippen LogP) is 1.98. The van der Waals surface area contributed by atoms with Crippen LogP contribution in [0.3, 0.4) is 0 Å². The summed E-state index contributed by atoms with van der Waals surface area (Å²) in [4.78, 5) is 20.3. The van der Waals surface area contributed by atoms with Crippen LogP contribution >= 0.6 is 0 Å². The molecule has 0 spiro atoms. The van der Waals surface area contributed by atoms with Crippen LogP contribution < -0.4 is 0 Å². The lowest BCUT2D eigenvalue weighted by Gasteiger charge is -2.05. The Kier molecular flexibility index (Phi) is 4.08. The summed E-state index contributed by atoms with van der Waals surface area (Å²) in [5.74, 6) is -3.05. The number of nitro benzene ring substituents is 1. The topological polar surface area (TPSA) is 69.4 Å². The van der Waals surface area contributed by atoms with Crippen molar-refractivity contribution in [2.24, 2.45) is 0 Å². The molecule has 7 heteroatoms. The van der Waals surface area contributed by atoms with Crippen LogP contribution in [-0.2, 0) is 16.0 Å². The first-order valence-corrected chi connectivity index (χ1v) is 4.68. The van der Waals surface area contributed by atoms with Gasteiger partial charge in [0, 0.05) is 19.4 Å². The Labute approximate surface area is 95.2 Å². The molecule has 0 N–H and O–H groups in total. The molecule has 5 nitrogen and oxygen atoms in total. The summed E-state index contributed by atoms with van der Waals surface area (Å²) in [6.45, 7) is 0.910. The van der Waals surface area contributed by atoms with E-state index in [1.54, 1.807) is 0 Å². The molecule has 0 bridgehead atoms. The highest BCUT2D eigenvalue weighted by atomic mass is 19.2. The standard InChI is InChI=1S/C10H9F2NO4/c1-6(14)17-5-4-7-9(13(15)16)3-2-8(11)10(7)12/h2-3H,4-5H2,1H3. The minimum Gasteiger partial charge on any atom is -0.466 e. The zero-order chi connectivity index (χ0) is 13.0. The molecule has 0 unspecified atom stereocenters. The fraction of sp³-hybridized carbons (Fsp3) is 0.300. The number of halogens is 2. The zero-order valence-electron chi connectivity index (χ0n) is 8.91. The molecule has 0 aliphatic rings. The Balaban J connectivity index is 2.98. The number of nitro groups is 1. The molecule has 0 heterocycles. The minimum atomic E-state index is -1.29. The summed E-state index contributed by atoms with van der Waals surface area (Å²) < 4.78 is 30.8. The van der Waals surface area contributed by atoms with E-state index in [-0.39, 0.29) is 13.0 Å². The van der Waals surface area contributed by atoms with Crippen LogP contribution in [0.1, 0.15) is 12.5 Å². The molecule has 0 aromatic heterocycles. The molecule has 1 rings (SSSR count). The molecule has 0 aliphatic carbocycles. The fourth-order valence-corrected chi connectivity index (χ4v) is 1.29. The number of esters is 1. The van der Waals surface area contributed by atoms with Crippen LogP contribution in [0, 0.1) is 21.7 Å². The molecular weight excluding hydrogens is 236 g/mol. The van der Waals surface area contributed by atoms with Gasteiger partial charge in [0.1, 0.15) is 0 Å². The van der Waals surface area contributed by atoms with E-state index in [4.69, 9.17) is 0 Å². The third-order valence-corrected chi connectivity index (χ3v) is 2.03. The average molecular weight is 245 g/mol. The number of ether oxygens (including phenoxy) is 1. The van der Waals surface area contributed by atoms with Gasteiger partial charge >= 0.3 is 5.97 Å². The van der Waals surface area contributed by atoms with Gasteiger partial charge in [0.05, 0.1) is 17.1 Å². The molecule has 92 valence electrons. The number of hydrogen-bond donors (Lipinski definition) is 0. The third-order valence-electron chi connectivity index (χ3n) is 2.03. The van der Waals surface area contributed by atoms with E-state index in [9.17, 15) is 23.7 Å². The van der Waals surface area contributed by atoms with Gasteiger partial charge in [0.2, 0.25) is 0 Å². The summed E-state index contributed by atoms with van der Waals surface area (Å²) in [6, 6.07) is 1.56. The summed E-state index contributed by atoms with van der Waals surface area (Å²) in [7, 11) is 0. The first kappa shape index (κ1) is 13.0. The van der Waals surface area contributed by atoms with Crippen LogP contribution in [-0.4, -0.2) is 17.5 Å². The van der Waals surface area contributed by atoms with Gasteiger partial charge in [-0.15, -0.1) is 0 Å². The zero-order valence-corrected chi connectivity index (χ0v) is 8.91. The van der Waals surface area contributed by atoms with E-state index in [0.29, 0.717) is 6.07 Å². The van der Waals surface area contributed by atoms with Gasteiger partial charge in [-0.05, 0) is 6.07 Å². The Morgan fingerprint density at radius 1 is 1.47 bits per heavy atom. The first-order valence-electron chi connectivity index (χ1n) is 4.68. The van der Waals surface area contributed by atoms with Crippen molar-refractivity contribution < 1.29 is 23.2 Å². The maximum Gasteiger partial charge on any atom is 0.302 e. The smallest absolute Gasteiger partial charge is 0.302 e. The van der Waals surface area contributed by atoms with Gasteiger partial charge in [0.15, 0.2) is 11.6 Å². The second-order valence-electron chi connectivity index (χ2n) is 3.21. The highest BCUT2D eigenvalue weighted by Gasteiger charge is 2.21. The van der Waals surface area contributed by atoms with Crippen molar-refractivity contribution in [2.75, 3.05) is 6.61 Å². The van der Waals surface area contributed by atoms with E-state index in [2.05, 4.69) is 4.74 Å². The Morgan fingerprint density at radius 3 is 2.65 bits per heavy atom. The summed E-state index contributed by atoms with van der Waals surface area (Å²) >= 11 is 0. The number of benzene rings is 1. The SMILES string of the molecule is CC(=O)OCCc1c([N+](=O)[O-])ccc(F)c1F. The van der Waals surface area contributed by atoms with Crippen molar-refractivity contribution in [3.05, 3.63) is 39.4 Å². The third kappa shape index (κ3) is 3.20. The molecule has 0 radical (unpaired) electrons. The van der Waals surface area contributed by atoms with Crippen molar-refractivity contribution in [3.8, 4) is 0 Å².